The van der Waals surface area contributed by atoms with Crippen molar-refractivity contribution in [2.24, 2.45) is 11.8 Å². The Morgan fingerprint density at radius 2 is 1.40 bits per heavy atom. The smallest absolute Gasteiger partial charge is 0.135 e. The highest BCUT2D eigenvalue weighted by Gasteiger charge is 2.26. The minimum absolute atomic E-state index is 0.420. The molecular weight excluding hydrogens is 244 g/mol. The molecule has 0 aliphatic heterocycles. The predicted octanol–water partition coefficient (Wildman–Crippen LogP) is 6.30. The quantitative estimate of drug-likeness (QED) is 0.383. The molecule has 118 valence electrons. The van der Waals surface area contributed by atoms with Gasteiger partial charge in [0.2, 0.25) is 0 Å². The van der Waals surface area contributed by atoms with Crippen LogP contribution in [0.15, 0.2) is 0 Å². The number of carbonyl (C=O) groups is 1. The largest absolute Gasteiger partial charge is 0.299 e. The molecule has 2 unspecified atom stereocenters. The summed E-state index contributed by atoms with van der Waals surface area (Å²) >= 11 is 0. The van der Waals surface area contributed by atoms with Crippen LogP contribution >= 0.6 is 0 Å². The molecule has 0 N–H and O–H groups in total. The number of hydrogen-bond donors (Lipinski definition) is 0. The fraction of sp³-hybridized carbons (Fsp3) is 0.947. The average Bonchev–Trinajstić information content (AvgIpc) is 2.87. The van der Waals surface area contributed by atoms with Crippen molar-refractivity contribution >= 4 is 5.78 Å². The summed E-state index contributed by atoms with van der Waals surface area (Å²) in [5.41, 5.74) is 0. The third-order valence-corrected chi connectivity index (χ3v) is 4.93. The summed E-state index contributed by atoms with van der Waals surface area (Å²) < 4.78 is 0. The van der Waals surface area contributed by atoms with Crippen molar-refractivity contribution in [2.45, 2.75) is 104 Å². The van der Waals surface area contributed by atoms with Crippen molar-refractivity contribution in [1.82, 2.24) is 0 Å². The van der Waals surface area contributed by atoms with Gasteiger partial charge in [-0.05, 0) is 31.6 Å². The Balaban J connectivity index is 1.83. The molecule has 2 atom stereocenters. The lowest BCUT2D eigenvalue weighted by Gasteiger charge is -2.08. The van der Waals surface area contributed by atoms with Crippen molar-refractivity contribution in [3.05, 3.63) is 0 Å². The second-order valence-corrected chi connectivity index (χ2v) is 7.01. The standard InChI is InChI=1S/C19H36O/c1-3-4-5-6-7-8-9-10-11-12-13-19(20)18-15-14-17(2)16-18/h17-18H,3-16H2,1-2H3. The number of Topliss-reactive ketones (excluding diaryl/α,β-unsaturated/α-hetero) is 1. The van der Waals surface area contributed by atoms with Crippen LogP contribution in [-0.2, 0) is 4.79 Å². The zero-order valence-corrected chi connectivity index (χ0v) is 14.0. The van der Waals surface area contributed by atoms with Crippen LogP contribution in [0, 0.1) is 11.8 Å². The Morgan fingerprint density at radius 3 is 1.90 bits per heavy atom. The van der Waals surface area contributed by atoms with E-state index >= 15 is 0 Å². The molecule has 20 heavy (non-hydrogen) atoms. The third kappa shape index (κ3) is 8.07. The van der Waals surface area contributed by atoms with Gasteiger partial charge in [0.15, 0.2) is 0 Å². The molecule has 1 aliphatic rings. The van der Waals surface area contributed by atoms with Gasteiger partial charge in [0, 0.05) is 12.3 Å². The summed E-state index contributed by atoms with van der Waals surface area (Å²) in [4.78, 5) is 12.0. The summed E-state index contributed by atoms with van der Waals surface area (Å²) in [6.07, 6.45) is 18.0. The molecule has 0 aromatic heterocycles. The minimum atomic E-state index is 0.420. The average molecular weight is 280 g/mol. The highest BCUT2D eigenvalue weighted by atomic mass is 16.1. The van der Waals surface area contributed by atoms with Crippen LogP contribution in [0.1, 0.15) is 104 Å². The fourth-order valence-electron chi connectivity index (χ4n) is 3.49. The summed E-state index contributed by atoms with van der Waals surface area (Å²) in [5.74, 6) is 1.77. The van der Waals surface area contributed by atoms with Crippen molar-refractivity contribution in [2.75, 3.05) is 0 Å². The summed E-state index contributed by atoms with van der Waals surface area (Å²) in [7, 11) is 0. The van der Waals surface area contributed by atoms with E-state index in [1.54, 1.807) is 0 Å². The first kappa shape index (κ1) is 17.7. The second kappa shape index (κ2) is 11.3. The lowest BCUT2D eigenvalue weighted by atomic mass is 9.96. The summed E-state index contributed by atoms with van der Waals surface area (Å²) in [6, 6.07) is 0. The van der Waals surface area contributed by atoms with Crippen molar-refractivity contribution in [3.63, 3.8) is 0 Å². The molecule has 0 saturated heterocycles. The molecule has 0 aromatic carbocycles. The first-order chi connectivity index (χ1) is 9.74. The normalized spacial score (nSPS) is 22.3. The van der Waals surface area contributed by atoms with E-state index in [1.807, 2.05) is 0 Å². The van der Waals surface area contributed by atoms with Gasteiger partial charge in [0.05, 0.1) is 0 Å². The van der Waals surface area contributed by atoms with E-state index in [0.717, 1.165) is 31.6 Å². The van der Waals surface area contributed by atoms with Crippen LogP contribution in [0.25, 0.3) is 0 Å². The molecule has 0 radical (unpaired) electrons. The molecule has 1 aliphatic carbocycles. The SMILES string of the molecule is CCCCCCCCCCCCC(=O)C1CCC(C)C1. The first-order valence-corrected chi connectivity index (χ1v) is 9.26. The van der Waals surface area contributed by atoms with Crippen LogP contribution in [-0.4, -0.2) is 5.78 Å². The van der Waals surface area contributed by atoms with E-state index < -0.39 is 0 Å². The molecule has 1 rings (SSSR count). The highest BCUT2D eigenvalue weighted by Crippen LogP contribution is 2.31. The van der Waals surface area contributed by atoms with Crippen molar-refractivity contribution in [1.29, 1.82) is 0 Å². The lowest BCUT2D eigenvalue weighted by Crippen LogP contribution is -2.10. The maximum Gasteiger partial charge on any atom is 0.135 e. The Bertz CT molecular complexity index is 246. The van der Waals surface area contributed by atoms with E-state index in [9.17, 15) is 4.79 Å². The molecule has 0 amide bonds. The maximum atomic E-state index is 12.0. The first-order valence-electron chi connectivity index (χ1n) is 9.26. The van der Waals surface area contributed by atoms with Crippen LogP contribution in [0.2, 0.25) is 0 Å². The van der Waals surface area contributed by atoms with E-state index in [2.05, 4.69) is 13.8 Å². The Kier molecular flexibility index (Phi) is 10.1. The topological polar surface area (TPSA) is 17.1 Å². The lowest BCUT2D eigenvalue weighted by molar-refractivity contribution is -0.122. The van der Waals surface area contributed by atoms with Gasteiger partial charge in [-0.3, -0.25) is 4.79 Å². The fourth-order valence-corrected chi connectivity index (χ4v) is 3.49. The number of ketones is 1. The van der Waals surface area contributed by atoms with Crippen LogP contribution in [0.3, 0.4) is 0 Å². The predicted molar refractivity (Wildman–Crippen MR) is 88.0 cm³/mol. The van der Waals surface area contributed by atoms with Gasteiger partial charge in [0.1, 0.15) is 5.78 Å². The van der Waals surface area contributed by atoms with Gasteiger partial charge in [-0.1, -0.05) is 71.6 Å². The molecule has 0 spiro atoms. The van der Waals surface area contributed by atoms with E-state index in [1.165, 1.54) is 64.2 Å². The van der Waals surface area contributed by atoms with Gasteiger partial charge < -0.3 is 0 Å². The number of carbonyl (C=O) groups excluding carboxylic acids is 1. The van der Waals surface area contributed by atoms with Crippen LogP contribution < -0.4 is 0 Å². The molecule has 1 nitrogen and oxygen atoms in total. The van der Waals surface area contributed by atoms with Gasteiger partial charge in [-0.2, -0.15) is 0 Å². The molecule has 0 aromatic rings. The number of unbranched alkanes of at least 4 members (excludes halogenated alkanes) is 9. The van der Waals surface area contributed by atoms with Gasteiger partial charge >= 0.3 is 0 Å². The van der Waals surface area contributed by atoms with Crippen molar-refractivity contribution in [3.8, 4) is 0 Å². The Labute approximate surface area is 126 Å². The maximum absolute atomic E-state index is 12.0. The zero-order chi connectivity index (χ0) is 14.6. The molecule has 0 bridgehead atoms. The summed E-state index contributed by atoms with van der Waals surface area (Å²) in [5, 5.41) is 0. The Hall–Kier alpha value is -0.330. The molecule has 1 saturated carbocycles. The van der Waals surface area contributed by atoms with E-state index in [4.69, 9.17) is 0 Å². The molecule has 1 fully saturated rings. The third-order valence-electron chi connectivity index (χ3n) is 4.93. The monoisotopic (exact) mass is 280 g/mol. The van der Waals surface area contributed by atoms with Gasteiger partial charge in [-0.15, -0.1) is 0 Å². The molecule has 1 heteroatoms. The van der Waals surface area contributed by atoms with Crippen LogP contribution in [0.4, 0.5) is 0 Å². The number of hydrogen-bond acceptors (Lipinski definition) is 1. The van der Waals surface area contributed by atoms with Crippen molar-refractivity contribution < 1.29 is 4.79 Å². The Morgan fingerprint density at radius 1 is 0.850 bits per heavy atom. The zero-order valence-electron chi connectivity index (χ0n) is 14.0. The number of rotatable bonds is 12. The minimum Gasteiger partial charge on any atom is -0.299 e. The van der Waals surface area contributed by atoms with Gasteiger partial charge in [0.25, 0.3) is 0 Å². The van der Waals surface area contributed by atoms with E-state index in [-0.39, 0.29) is 0 Å². The second-order valence-electron chi connectivity index (χ2n) is 7.01. The summed E-state index contributed by atoms with van der Waals surface area (Å²) in [6.45, 7) is 4.56. The molecule has 0 heterocycles. The van der Waals surface area contributed by atoms with Crippen LogP contribution in [0.5, 0.6) is 0 Å². The molecular formula is C19H36O. The highest BCUT2D eigenvalue weighted by molar-refractivity contribution is 5.81. The van der Waals surface area contributed by atoms with E-state index in [0.29, 0.717) is 11.7 Å². The van der Waals surface area contributed by atoms with Gasteiger partial charge in [-0.25, -0.2) is 0 Å².